The van der Waals surface area contributed by atoms with Gasteiger partial charge in [-0.05, 0) is 24.1 Å². The number of para-hydroxylation sites is 1. The van der Waals surface area contributed by atoms with Gasteiger partial charge in [-0.15, -0.1) is 0 Å². The van der Waals surface area contributed by atoms with Crippen LogP contribution in [0.15, 0.2) is 48.5 Å². The van der Waals surface area contributed by atoms with E-state index in [0.717, 1.165) is 11.3 Å². The van der Waals surface area contributed by atoms with Gasteiger partial charge in [0.2, 0.25) is 5.91 Å². The van der Waals surface area contributed by atoms with Gasteiger partial charge in [0.05, 0.1) is 6.04 Å². The molecule has 108 valence electrons. The van der Waals surface area contributed by atoms with E-state index >= 15 is 0 Å². The third-order valence-electron chi connectivity index (χ3n) is 3.61. The summed E-state index contributed by atoms with van der Waals surface area (Å²) in [6.07, 6.45) is 0.660. The van der Waals surface area contributed by atoms with E-state index in [-0.39, 0.29) is 24.2 Å². The molecule has 0 saturated carbocycles. The van der Waals surface area contributed by atoms with Gasteiger partial charge in [0.1, 0.15) is 18.2 Å². The predicted molar refractivity (Wildman–Crippen MR) is 77.5 cm³/mol. The molecule has 1 aliphatic heterocycles. The van der Waals surface area contributed by atoms with Crippen molar-refractivity contribution < 1.29 is 13.9 Å². The van der Waals surface area contributed by atoms with Gasteiger partial charge in [-0.1, -0.05) is 36.4 Å². The Morgan fingerprint density at radius 1 is 1.19 bits per heavy atom. The fourth-order valence-corrected chi connectivity index (χ4v) is 2.50. The second-order valence-corrected chi connectivity index (χ2v) is 5.06. The van der Waals surface area contributed by atoms with Crippen molar-refractivity contribution in [3.8, 4) is 5.75 Å². The molecule has 21 heavy (non-hydrogen) atoms. The van der Waals surface area contributed by atoms with E-state index in [9.17, 15) is 9.18 Å². The minimum Gasteiger partial charge on any atom is -0.491 e. The second-order valence-electron chi connectivity index (χ2n) is 5.06. The van der Waals surface area contributed by atoms with Gasteiger partial charge in [-0.3, -0.25) is 4.79 Å². The number of ether oxygens (including phenoxy) is 1. The van der Waals surface area contributed by atoms with E-state index in [0.29, 0.717) is 18.6 Å². The average Bonchev–Trinajstić information content (AvgIpc) is 2.90. The SMILES string of the molecule is O=C(CCc1ccccc1F)NC1COc2ccccc21. The Balaban J connectivity index is 1.57. The van der Waals surface area contributed by atoms with Gasteiger partial charge in [-0.25, -0.2) is 4.39 Å². The quantitative estimate of drug-likeness (QED) is 0.937. The molecule has 4 heteroatoms. The smallest absolute Gasteiger partial charge is 0.220 e. The molecule has 0 fully saturated rings. The van der Waals surface area contributed by atoms with Crippen molar-refractivity contribution in [1.29, 1.82) is 0 Å². The molecule has 1 aliphatic rings. The van der Waals surface area contributed by atoms with Crippen LogP contribution in [0.1, 0.15) is 23.6 Å². The lowest BCUT2D eigenvalue weighted by Crippen LogP contribution is -2.29. The lowest BCUT2D eigenvalue weighted by atomic mass is 10.1. The van der Waals surface area contributed by atoms with Crippen LogP contribution in [0.2, 0.25) is 0 Å². The highest BCUT2D eigenvalue weighted by Crippen LogP contribution is 2.31. The Hall–Kier alpha value is -2.36. The van der Waals surface area contributed by atoms with Crippen LogP contribution < -0.4 is 10.1 Å². The number of benzene rings is 2. The molecule has 0 aromatic heterocycles. The van der Waals surface area contributed by atoms with Crippen LogP contribution in [0.4, 0.5) is 4.39 Å². The third-order valence-corrected chi connectivity index (χ3v) is 3.61. The highest BCUT2D eigenvalue weighted by atomic mass is 19.1. The molecule has 1 amide bonds. The molecule has 0 bridgehead atoms. The zero-order chi connectivity index (χ0) is 14.7. The van der Waals surface area contributed by atoms with Crippen molar-refractivity contribution in [2.24, 2.45) is 0 Å². The fraction of sp³-hybridized carbons (Fsp3) is 0.235. The minimum absolute atomic E-state index is 0.0939. The first kappa shape index (κ1) is 13.6. The zero-order valence-electron chi connectivity index (χ0n) is 11.5. The predicted octanol–water partition coefficient (Wildman–Crippen LogP) is 3.01. The number of rotatable bonds is 4. The minimum atomic E-state index is -0.264. The van der Waals surface area contributed by atoms with Crippen LogP contribution in [-0.4, -0.2) is 12.5 Å². The Morgan fingerprint density at radius 2 is 1.95 bits per heavy atom. The summed E-state index contributed by atoms with van der Waals surface area (Å²) in [4.78, 5) is 12.0. The van der Waals surface area contributed by atoms with Crippen molar-refractivity contribution in [1.82, 2.24) is 5.32 Å². The molecule has 2 aromatic rings. The molecule has 0 spiro atoms. The van der Waals surface area contributed by atoms with Crippen molar-refractivity contribution in [3.63, 3.8) is 0 Å². The summed E-state index contributed by atoms with van der Waals surface area (Å²) < 4.78 is 19.0. The Kier molecular flexibility index (Phi) is 3.86. The summed E-state index contributed by atoms with van der Waals surface area (Å²) in [6, 6.07) is 14.1. The van der Waals surface area contributed by atoms with Crippen molar-refractivity contribution >= 4 is 5.91 Å². The summed E-state index contributed by atoms with van der Waals surface area (Å²) >= 11 is 0. The Morgan fingerprint density at radius 3 is 2.81 bits per heavy atom. The maximum Gasteiger partial charge on any atom is 0.220 e. The van der Waals surface area contributed by atoms with Gasteiger partial charge in [0, 0.05) is 12.0 Å². The number of hydrogen-bond acceptors (Lipinski definition) is 2. The summed E-state index contributed by atoms with van der Waals surface area (Å²) in [5.41, 5.74) is 1.56. The van der Waals surface area contributed by atoms with Crippen LogP contribution in [0.25, 0.3) is 0 Å². The lowest BCUT2D eigenvalue weighted by Gasteiger charge is -2.11. The molecule has 0 radical (unpaired) electrons. The number of carbonyl (C=O) groups is 1. The number of nitrogens with one attached hydrogen (secondary N) is 1. The normalized spacial score (nSPS) is 16.1. The molecule has 1 unspecified atom stereocenters. The van der Waals surface area contributed by atoms with Crippen LogP contribution in [0.3, 0.4) is 0 Å². The van der Waals surface area contributed by atoms with Crippen LogP contribution >= 0.6 is 0 Å². The fourth-order valence-electron chi connectivity index (χ4n) is 2.50. The lowest BCUT2D eigenvalue weighted by molar-refractivity contribution is -0.121. The molecule has 1 heterocycles. The number of amides is 1. The van der Waals surface area contributed by atoms with E-state index in [2.05, 4.69) is 5.32 Å². The van der Waals surface area contributed by atoms with E-state index < -0.39 is 0 Å². The summed E-state index contributed by atoms with van der Waals surface area (Å²) in [5.74, 6) is 0.459. The van der Waals surface area contributed by atoms with E-state index in [4.69, 9.17) is 4.74 Å². The molecule has 3 nitrogen and oxygen atoms in total. The summed E-state index contributed by atoms with van der Waals surface area (Å²) in [6.45, 7) is 0.449. The Labute approximate surface area is 122 Å². The van der Waals surface area contributed by atoms with Crippen LogP contribution in [0, 0.1) is 5.82 Å². The molecule has 1 N–H and O–H groups in total. The van der Waals surface area contributed by atoms with Crippen LogP contribution in [0.5, 0.6) is 5.75 Å². The maximum atomic E-state index is 13.5. The zero-order valence-corrected chi connectivity index (χ0v) is 11.5. The van der Waals surface area contributed by atoms with Crippen molar-refractivity contribution in [3.05, 3.63) is 65.5 Å². The van der Waals surface area contributed by atoms with Crippen molar-refractivity contribution in [2.45, 2.75) is 18.9 Å². The first-order chi connectivity index (χ1) is 10.2. The molecule has 2 aromatic carbocycles. The van der Waals surface area contributed by atoms with E-state index in [1.807, 2.05) is 24.3 Å². The summed E-state index contributed by atoms with van der Waals surface area (Å²) in [5, 5.41) is 2.94. The topological polar surface area (TPSA) is 38.3 Å². The molecule has 0 saturated heterocycles. The third kappa shape index (κ3) is 3.05. The molecular weight excluding hydrogens is 269 g/mol. The monoisotopic (exact) mass is 285 g/mol. The number of aryl methyl sites for hydroxylation is 1. The van der Waals surface area contributed by atoms with Crippen LogP contribution in [-0.2, 0) is 11.2 Å². The first-order valence-electron chi connectivity index (χ1n) is 6.98. The standard InChI is InChI=1S/C17H16FNO2/c18-14-7-3-1-5-12(14)9-10-17(20)19-15-11-21-16-8-4-2-6-13(15)16/h1-8,15H,9-11H2,(H,19,20). The van der Waals surface area contributed by atoms with Crippen molar-refractivity contribution in [2.75, 3.05) is 6.61 Å². The van der Waals surface area contributed by atoms with Gasteiger partial charge >= 0.3 is 0 Å². The number of hydrogen-bond donors (Lipinski definition) is 1. The van der Waals surface area contributed by atoms with E-state index in [1.165, 1.54) is 6.07 Å². The number of carbonyl (C=O) groups excluding carboxylic acids is 1. The Bertz CT molecular complexity index is 657. The largest absolute Gasteiger partial charge is 0.491 e. The van der Waals surface area contributed by atoms with Gasteiger partial charge < -0.3 is 10.1 Å². The maximum absolute atomic E-state index is 13.5. The molecule has 0 aliphatic carbocycles. The first-order valence-corrected chi connectivity index (χ1v) is 6.98. The number of halogens is 1. The van der Waals surface area contributed by atoms with Gasteiger partial charge in [0.15, 0.2) is 0 Å². The van der Waals surface area contributed by atoms with Gasteiger partial charge in [0.25, 0.3) is 0 Å². The molecule has 1 atom stereocenters. The van der Waals surface area contributed by atoms with E-state index in [1.54, 1.807) is 18.2 Å². The highest BCUT2D eigenvalue weighted by molar-refractivity contribution is 5.77. The highest BCUT2D eigenvalue weighted by Gasteiger charge is 2.24. The molecule has 3 rings (SSSR count). The number of fused-ring (bicyclic) bond motifs is 1. The average molecular weight is 285 g/mol. The molecular formula is C17H16FNO2. The summed E-state index contributed by atoms with van der Waals surface area (Å²) in [7, 11) is 0. The van der Waals surface area contributed by atoms with Gasteiger partial charge in [-0.2, -0.15) is 0 Å². The second kappa shape index (κ2) is 5.95.